The van der Waals surface area contributed by atoms with Crippen LogP contribution < -0.4 is 5.32 Å². The predicted octanol–water partition coefficient (Wildman–Crippen LogP) is 1.87. The van der Waals surface area contributed by atoms with E-state index in [4.69, 9.17) is 4.74 Å². The fourth-order valence-electron chi connectivity index (χ4n) is 2.79. The second-order valence-corrected chi connectivity index (χ2v) is 8.35. The van der Waals surface area contributed by atoms with Crippen molar-refractivity contribution in [2.24, 2.45) is 0 Å². The van der Waals surface area contributed by atoms with Gasteiger partial charge in [-0.25, -0.2) is 8.42 Å². The number of amides is 1. The van der Waals surface area contributed by atoms with Crippen molar-refractivity contribution < 1.29 is 31.1 Å². The number of nitrogens with zero attached hydrogens (tertiary/aromatic N) is 3. The van der Waals surface area contributed by atoms with E-state index in [1.807, 2.05) is 0 Å². The SMILES string of the molecule is Cc1cc(C(F)(F)F)nn1CC(=O)Nc1ccc(S(=O)(=O)N2CCOCC2)cc1. The normalized spacial score (nSPS) is 16.0. The van der Waals surface area contributed by atoms with Crippen LogP contribution in [0.25, 0.3) is 0 Å². The lowest BCUT2D eigenvalue weighted by molar-refractivity contribution is -0.141. The molecule has 0 unspecified atom stereocenters. The number of benzene rings is 1. The Kier molecular flexibility index (Phi) is 5.96. The van der Waals surface area contributed by atoms with Crippen LogP contribution in [0.4, 0.5) is 18.9 Å². The number of hydrogen-bond acceptors (Lipinski definition) is 5. The van der Waals surface area contributed by atoms with Gasteiger partial charge in [0.15, 0.2) is 5.69 Å². The molecule has 1 saturated heterocycles. The van der Waals surface area contributed by atoms with Crippen molar-refractivity contribution in [2.75, 3.05) is 31.6 Å². The van der Waals surface area contributed by atoms with Crippen LogP contribution in [0.1, 0.15) is 11.4 Å². The number of morpholine rings is 1. The Morgan fingerprint density at radius 3 is 2.38 bits per heavy atom. The number of sulfonamides is 1. The minimum Gasteiger partial charge on any atom is -0.379 e. The highest BCUT2D eigenvalue weighted by Gasteiger charge is 2.34. The molecule has 0 bridgehead atoms. The molecule has 0 atom stereocenters. The third-order valence-corrected chi connectivity index (χ3v) is 6.22. The topological polar surface area (TPSA) is 93.5 Å². The van der Waals surface area contributed by atoms with E-state index in [-0.39, 0.29) is 23.7 Å². The van der Waals surface area contributed by atoms with Crippen LogP contribution in [0.15, 0.2) is 35.2 Å². The first-order valence-corrected chi connectivity index (χ1v) is 10.1. The van der Waals surface area contributed by atoms with Gasteiger partial charge in [-0.1, -0.05) is 0 Å². The molecule has 1 aromatic carbocycles. The van der Waals surface area contributed by atoms with Crippen molar-refractivity contribution in [3.63, 3.8) is 0 Å². The van der Waals surface area contributed by atoms with E-state index in [1.54, 1.807) is 0 Å². The van der Waals surface area contributed by atoms with Gasteiger partial charge in [0.1, 0.15) is 6.54 Å². The average molecular weight is 432 g/mol. The second-order valence-electron chi connectivity index (χ2n) is 6.42. The van der Waals surface area contributed by atoms with Crippen LogP contribution in [0.5, 0.6) is 0 Å². The number of ether oxygens (including phenoxy) is 1. The van der Waals surface area contributed by atoms with Crippen LogP contribution in [-0.2, 0) is 32.3 Å². The zero-order chi connectivity index (χ0) is 21.2. The van der Waals surface area contributed by atoms with E-state index in [0.717, 1.165) is 10.7 Å². The van der Waals surface area contributed by atoms with Gasteiger partial charge in [0.05, 0.1) is 18.1 Å². The Labute approximate surface area is 165 Å². The van der Waals surface area contributed by atoms with Gasteiger partial charge in [-0.15, -0.1) is 0 Å². The highest BCUT2D eigenvalue weighted by atomic mass is 32.2. The van der Waals surface area contributed by atoms with E-state index >= 15 is 0 Å². The van der Waals surface area contributed by atoms with Gasteiger partial charge in [0.2, 0.25) is 15.9 Å². The first-order valence-electron chi connectivity index (χ1n) is 8.67. The maximum atomic E-state index is 12.7. The third-order valence-electron chi connectivity index (χ3n) is 4.31. The molecule has 0 radical (unpaired) electrons. The van der Waals surface area contributed by atoms with E-state index < -0.39 is 34.3 Å². The van der Waals surface area contributed by atoms with E-state index in [2.05, 4.69) is 10.4 Å². The number of anilines is 1. The molecule has 158 valence electrons. The minimum atomic E-state index is -4.59. The van der Waals surface area contributed by atoms with E-state index in [0.29, 0.717) is 18.9 Å². The standard InChI is InChI=1S/C17H19F3N4O4S/c1-12-10-15(17(18,19)20)22-24(12)11-16(25)21-13-2-4-14(5-3-13)29(26,27)23-6-8-28-9-7-23/h2-5,10H,6-9,11H2,1H3,(H,21,25). The van der Waals surface area contributed by atoms with Gasteiger partial charge >= 0.3 is 6.18 Å². The molecule has 1 aliphatic heterocycles. The number of halogens is 3. The molecule has 8 nitrogen and oxygen atoms in total. The summed E-state index contributed by atoms with van der Waals surface area (Å²) in [5.41, 5.74) is -0.559. The van der Waals surface area contributed by atoms with Crippen LogP contribution in [0.2, 0.25) is 0 Å². The zero-order valence-corrected chi connectivity index (χ0v) is 16.3. The summed E-state index contributed by atoms with van der Waals surface area (Å²) >= 11 is 0. The fraction of sp³-hybridized carbons (Fsp3) is 0.412. The molecule has 0 aliphatic carbocycles. The summed E-state index contributed by atoms with van der Waals surface area (Å²) in [7, 11) is -3.65. The van der Waals surface area contributed by atoms with Gasteiger partial charge in [-0.2, -0.15) is 22.6 Å². The first kappa shape index (κ1) is 21.3. The van der Waals surface area contributed by atoms with Crippen LogP contribution in [-0.4, -0.2) is 54.7 Å². The highest BCUT2D eigenvalue weighted by Crippen LogP contribution is 2.28. The molecule has 1 amide bonds. The van der Waals surface area contributed by atoms with Gasteiger partial charge < -0.3 is 10.1 Å². The van der Waals surface area contributed by atoms with Crippen LogP contribution in [0, 0.1) is 6.92 Å². The monoisotopic (exact) mass is 432 g/mol. The average Bonchev–Trinajstić information content (AvgIpc) is 3.04. The number of rotatable bonds is 5. The summed E-state index contributed by atoms with van der Waals surface area (Å²) in [5.74, 6) is -0.589. The molecule has 0 saturated carbocycles. The quantitative estimate of drug-likeness (QED) is 0.779. The number of nitrogens with one attached hydrogen (secondary N) is 1. The smallest absolute Gasteiger partial charge is 0.379 e. The Morgan fingerprint density at radius 2 is 1.83 bits per heavy atom. The minimum absolute atomic E-state index is 0.0788. The molecule has 29 heavy (non-hydrogen) atoms. The Morgan fingerprint density at radius 1 is 1.21 bits per heavy atom. The summed E-state index contributed by atoms with van der Waals surface area (Å²) in [6.07, 6.45) is -4.59. The number of hydrogen-bond donors (Lipinski definition) is 1. The molecular formula is C17H19F3N4O4S. The van der Waals surface area contributed by atoms with Crippen molar-refractivity contribution in [1.29, 1.82) is 0 Å². The molecule has 1 aliphatic rings. The first-order chi connectivity index (χ1) is 13.6. The molecule has 12 heteroatoms. The van der Waals surface area contributed by atoms with Gasteiger partial charge in [-0.05, 0) is 37.3 Å². The highest BCUT2D eigenvalue weighted by molar-refractivity contribution is 7.89. The third kappa shape index (κ3) is 4.95. The van der Waals surface area contributed by atoms with Gasteiger partial charge in [-0.3, -0.25) is 9.48 Å². The molecule has 1 fully saturated rings. The van der Waals surface area contributed by atoms with Crippen molar-refractivity contribution in [3.8, 4) is 0 Å². The molecular weight excluding hydrogens is 413 g/mol. The van der Waals surface area contributed by atoms with E-state index in [1.165, 1.54) is 35.5 Å². The van der Waals surface area contributed by atoms with Crippen molar-refractivity contribution >= 4 is 21.6 Å². The summed E-state index contributed by atoms with van der Waals surface area (Å²) in [5, 5.41) is 5.91. The van der Waals surface area contributed by atoms with Crippen molar-refractivity contribution in [2.45, 2.75) is 24.5 Å². The molecule has 0 spiro atoms. The predicted molar refractivity (Wildman–Crippen MR) is 96.6 cm³/mol. The number of carbonyl (C=O) groups excluding carboxylic acids is 1. The summed E-state index contributed by atoms with van der Waals surface area (Å²) in [4.78, 5) is 12.2. The molecule has 1 N–H and O–H groups in total. The lowest BCUT2D eigenvalue weighted by atomic mass is 10.3. The zero-order valence-electron chi connectivity index (χ0n) is 15.4. The lowest BCUT2D eigenvalue weighted by Crippen LogP contribution is -2.40. The Balaban J connectivity index is 1.65. The molecule has 3 rings (SSSR count). The van der Waals surface area contributed by atoms with Crippen LogP contribution in [0.3, 0.4) is 0 Å². The number of aryl methyl sites for hydroxylation is 1. The summed E-state index contributed by atoms with van der Waals surface area (Å²) in [6, 6.07) is 6.42. The fourth-order valence-corrected chi connectivity index (χ4v) is 4.20. The van der Waals surface area contributed by atoms with Gasteiger partial charge in [0, 0.05) is 24.5 Å². The summed E-state index contributed by atoms with van der Waals surface area (Å²) in [6.45, 7) is 2.21. The number of carbonyl (C=O) groups is 1. The summed E-state index contributed by atoms with van der Waals surface area (Å²) < 4.78 is 70.6. The molecule has 1 aromatic heterocycles. The molecule has 2 aromatic rings. The van der Waals surface area contributed by atoms with Gasteiger partial charge in [0.25, 0.3) is 0 Å². The molecule has 2 heterocycles. The number of aromatic nitrogens is 2. The Hall–Kier alpha value is -2.44. The second kappa shape index (κ2) is 8.13. The maximum absolute atomic E-state index is 12.7. The number of alkyl halides is 3. The Bertz CT molecular complexity index is 981. The van der Waals surface area contributed by atoms with Crippen LogP contribution >= 0.6 is 0 Å². The van der Waals surface area contributed by atoms with Crippen molar-refractivity contribution in [1.82, 2.24) is 14.1 Å². The van der Waals surface area contributed by atoms with Crippen molar-refractivity contribution in [3.05, 3.63) is 41.7 Å². The lowest BCUT2D eigenvalue weighted by Gasteiger charge is -2.26. The largest absolute Gasteiger partial charge is 0.435 e. The van der Waals surface area contributed by atoms with E-state index in [9.17, 15) is 26.4 Å². The maximum Gasteiger partial charge on any atom is 0.435 e.